The molecule has 0 unspecified atom stereocenters. The molecule has 0 fully saturated rings. The molecule has 82 valence electrons. The summed E-state index contributed by atoms with van der Waals surface area (Å²) >= 11 is 1.32. The van der Waals surface area contributed by atoms with E-state index in [1.54, 1.807) is 0 Å². The van der Waals surface area contributed by atoms with Gasteiger partial charge < -0.3 is 5.11 Å². The highest BCUT2D eigenvalue weighted by Crippen LogP contribution is 2.28. The second-order valence-electron chi connectivity index (χ2n) is 3.38. The third kappa shape index (κ3) is 2.03. The minimum absolute atomic E-state index is 0.0521. The fourth-order valence-corrected chi connectivity index (χ4v) is 2.41. The maximum absolute atomic E-state index is 11.3. The highest BCUT2D eigenvalue weighted by Gasteiger charge is 2.14. The maximum Gasteiger partial charge on any atom is 0.171 e. The van der Waals surface area contributed by atoms with Crippen LogP contribution >= 0.6 is 11.3 Å². The Balaban J connectivity index is 2.48. The molecule has 0 saturated heterocycles. The molecule has 1 aromatic heterocycles. The van der Waals surface area contributed by atoms with Gasteiger partial charge in [0.2, 0.25) is 0 Å². The number of carbonyl (C=O) groups is 1. The SMILES string of the molecule is CC(=O)c1sc(-c2ccccc2)nc1CO. The van der Waals surface area contributed by atoms with E-state index in [2.05, 4.69) is 4.98 Å². The minimum atomic E-state index is -0.196. The van der Waals surface area contributed by atoms with E-state index in [1.807, 2.05) is 30.3 Å². The van der Waals surface area contributed by atoms with Gasteiger partial charge in [0.05, 0.1) is 17.2 Å². The lowest BCUT2D eigenvalue weighted by molar-refractivity contribution is 0.101. The lowest BCUT2D eigenvalue weighted by Crippen LogP contribution is -1.94. The fourth-order valence-electron chi connectivity index (χ4n) is 1.44. The van der Waals surface area contributed by atoms with Crippen molar-refractivity contribution in [2.24, 2.45) is 0 Å². The van der Waals surface area contributed by atoms with Crippen molar-refractivity contribution in [3.05, 3.63) is 40.9 Å². The molecule has 0 aliphatic heterocycles. The first-order valence-electron chi connectivity index (χ1n) is 4.89. The Hall–Kier alpha value is -1.52. The van der Waals surface area contributed by atoms with Gasteiger partial charge in [-0.25, -0.2) is 4.98 Å². The Morgan fingerprint density at radius 2 is 2.06 bits per heavy atom. The Morgan fingerprint density at radius 1 is 1.38 bits per heavy atom. The molecule has 0 aliphatic carbocycles. The summed E-state index contributed by atoms with van der Waals surface area (Å²) in [6, 6.07) is 9.63. The highest BCUT2D eigenvalue weighted by atomic mass is 32.1. The van der Waals surface area contributed by atoms with E-state index in [4.69, 9.17) is 5.11 Å². The van der Waals surface area contributed by atoms with Gasteiger partial charge in [-0.3, -0.25) is 4.79 Å². The fraction of sp³-hybridized carbons (Fsp3) is 0.167. The first kappa shape index (κ1) is 11.0. The van der Waals surface area contributed by atoms with E-state index in [9.17, 15) is 4.79 Å². The van der Waals surface area contributed by atoms with E-state index in [1.165, 1.54) is 18.3 Å². The number of ketones is 1. The van der Waals surface area contributed by atoms with Crippen molar-refractivity contribution in [1.29, 1.82) is 0 Å². The largest absolute Gasteiger partial charge is 0.390 e. The van der Waals surface area contributed by atoms with Crippen LogP contribution in [-0.2, 0) is 6.61 Å². The zero-order valence-corrected chi connectivity index (χ0v) is 9.62. The molecule has 0 aliphatic rings. The van der Waals surface area contributed by atoms with Crippen molar-refractivity contribution in [1.82, 2.24) is 4.98 Å². The number of nitrogens with zero attached hydrogens (tertiary/aromatic N) is 1. The number of aliphatic hydroxyl groups is 1. The molecular weight excluding hydrogens is 222 g/mol. The van der Waals surface area contributed by atoms with Crippen molar-refractivity contribution in [2.45, 2.75) is 13.5 Å². The van der Waals surface area contributed by atoms with Gasteiger partial charge in [-0.2, -0.15) is 0 Å². The third-order valence-electron chi connectivity index (χ3n) is 2.19. The first-order chi connectivity index (χ1) is 7.72. The summed E-state index contributed by atoms with van der Waals surface area (Å²) in [5.41, 5.74) is 1.44. The number of aromatic nitrogens is 1. The number of aliphatic hydroxyl groups excluding tert-OH is 1. The Morgan fingerprint density at radius 3 is 2.56 bits per heavy atom. The number of hydrogen-bond donors (Lipinski definition) is 1. The van der Waals surface area contributed by atoms with Crippen LogP contribution in [0.25, 0.3) is 10.6 Å². The Bertz CT molecular complexity index is 505. The van der Waals surface area contributed by atoms with Gasteiger partial charge in [0.25, 0.3) is 0 Å². The van der Waals surface area contributed by atoms with Crippen molar-refractivity contribution in [2.75, 3.05) is 0 Å². The Kier molecular flexibility index (Phi) is 3.12. The second kappa shape index (κ2) is 4.55. The van der Waals surface area contributed by atoms with Crippen LogP contribution < -0.4 is 0 Å². The molecular formula is C12H11NO2S. The number of Topliss-reactive ketones (excluding diaryl/α,β-unsaturated/α-hetero) is 1. The summed E-state index contributed by atoms with van der Waals surface area (Å²) in [4.78, 5) is 16.1. The van der Waals surface area contributed by atoms with Crippen LogP contribution in [0.2, 0.25) is 0 Å². The van der Waals surface area contributed by atoms with E-state index in [0.717, 1.165) is 10.6 Å². The molecule has 0 saturated carbocycles. The van der Waals surface area contributed by atoms with Crippen LogP contribution in [0.4, 0.5) is 0 Å². The quantitative estimate of drug-likeness (QED) is 0.829. The molecule has 2 aromatic rings. The predicted molar refractivity (Wildman–Crippen MR) is 63.5 cm³/mol. The smallest absolute Gasteiger partial charge is 0.171 e. The van der Waals surface area contributed by atoms with Crippen molar-refractivity contribution < 1.29 is 9.90 Å². The van der Waals surface area contributed by atoms with Gasteiger partial charge in [0.1, 0.15) is 5.01 Å². The van der Waals surface area contributed by atoms with Gasteiger partial charge in [0, 0.05) is 12.5 Å². The molecule has 1 aromatic carbocycles. The predicted octanol–water partition coefficient (Wildman–Crippen LogP) is 2.51. The van der Waals surface area contributed by atoms with Crippen LogP contribution in [0.1, 0.15) is 22.3 Å². The van der Waals surface area contributed by atoms with Crippen LogP contribution in [0, 0.1) is 0 Å². The standard InChI is InChI=1S/C12H11NO2S/c1-8(15)11-10(7-14)13-12(16-11)9-5-3-2-4-6-9/h2-6,14H,7H2,1H3. The molecule has 0 atom stereocenters. The summed E-state index contributed by atoms with van der Waals surface area (Å²) in [6.45, 7) is 1.29. The normalized spacial score (nSPS) is 10.4. The van der Waals surface area contributed by atoms with E-state index >= 15 is 0 Å². The summed E-state index contributed by atoms with van der Waals surface area (Å²) in [7, 11) is 0. The number of carbonyl (C=O) groups excluding carboxylic acids is 1. The maximum atomic E-state index is 11.3. The first-order valence-corrected chi connectivity index (χ1v) is 5.71. The number of rotatable bonds is 3. The lowest BCUT2D eigenvalue weighted by atomic mass is 10.2. The third-order valence-corrected chi connectivity index (χ3v) is 3.44. The molecule has 1 N–H and O–H groups in total. The van der Waals surface area contributed by atoms with Gasteiger partial charge in [-0.05, 0) is 0 Å². The zero-order chi connectivity index (χ0) is 11.5. The summed E-state index contributed by atoms with van der Waals surface area (Å²) in [6.07, 6.45) is 0. The topological polar surface area (TPSA) is 50.2 Å². The van der Waals surface area contributed by atoms with Crippen molar-refractivity contribution in [3.63, 3.8) is 0 Å². The molecule has 2 rings (SSSR count). The number of thiazole rings is 1. The summed E-state index contributed by atoms with van der Waals surface area (Å²) < 4.78 is 0. The Labute approximate surface area is 97.4 Å². The van der Waals surface area contributed by atoms with E-state index in [-0.39, 0.29) is 12.4 Å². The van der Waals surface area contributed by atoms with Crippen LogP contribution in [0.5, 0.6) is 0 Å². The van der Waals surface area contributed by atoms with Crippen molar-refractivity contribution >= 4 is 17.1 Å². The summed E-state index contributed by atoms with van der Waals surface area (Å²) in [5.74, 6) is -0.0521. The van der Waals surface area contributed by atoms with Crippen molar-refractivity contribution in [3.8, 4) is 10.6 Å². The molecule has 0 radical (unpaired) electrons. The zero-order valence-electron chi connectivity index (χ0n) is 8.80. The van der Waals surface area contributed by atoms with E-state index < -0.39 is 0 Å². The lowest BCUT2D eigenvalue weighted by Gasteiger charge is -1.92. The average Bonchev–Trinajstić information content (AvgIpc) is 2.74. The van der Waals surface area contributed by atoms with Gasteiger partial charge in [-0.1, -0.05) is 30.3 Å². The molecule has 16 heavy (non-hydrogen) atoms. The second-order valence-corrected chi connectivity index (χ2v) is 4.37. The molecule has 4 heteroatoms. The molecule has 0 bridgehead atoms. The van der Waals surface area contributed by atoms with Crippen LogP contribution in [-0.4, -0.2) is 15.9 Å². The molecule has 3 nitrogen and oxygen atoms in total. The van der Waals surface area contributed by atoms with Gasteiger partial charge >= 0.3 is 0 Å². The van der Waals surface area contributed by atoms with Crippen LogP contribution in [0.15, 0.2) is 30.3 Å². The van der Waals surface area contributed by atoms with Crippen LogP contribution in [0.3, 0.4) is 0 Å². The average molecular weight is 233 g/mol. The van der Waals surface area contributed by atoms with E-state index in [0.29, 0.717) is 10.6 Å². The molecule has 0 amide bonds. The number of hydrogen-bond acceptors (Lipinski definition) is 4. The molecule has 0 spiro atoms. The molecule has 1 heterocycles. The van der Waals surface area contributed by atoms with Gasteiger partial charge in [0.15, 0.2) is 5.78 Å². The monoisotopic (exact) mass is 233 g/mol. The van der Waals surface area contributed by atoms with Gasteiger partial charge in [-0.15, -0.1) is 11.3 Å². The number of benzene rings is 1. The minimum Gasteiger partial charge on any atom is -0.390 e. The summed E-state index contributed by atoms with van der Waals surface area (Å²) in [5, 5.41) is 9.89. The highest BCUT2D eigenvalue weighted by molar-refractivity contribution is 7.17.